The number of phenolic OH excluding ortho intramolecular Hbond substituents is 1. The fourth-order valence-corrected chi connectivity index (χ4v) is 5.25. The number of benzene rings is 2. The Hall–Kier alpha value is -2.66. The summed E-state index contributed by atoms with van der Waals surface area (Å²) < 4.78 is 40.6. The number of carbonyl (C=O) groups is 1. The molecule has 2 aromatic carbocycles. The summed E-state index contributed by atoms with van der Waals surface area (Å²) in [6.07, 6.45) is 0.288. The van der Waals surface area contributed by atoms with Crippen molar-refractivity contribution in [3.05, 3.63) is 58.2 Å². The van der Waals surface area contributed by atoms with E-state index in [1.54, 1.807) is 12.1 Å². The molecule has 3 aromatic rings. The summed E-state index contributed by atoms with van der Waals surface area (Å²) in [4.78, 5) is 11.9. The monoisotopic (exact) mass is 499 g/mol. The molecule has 11 heteroatoms. The van der Waals surface area contributed by atoms with E-state index in [0.29, 0.717) is 9.77 Å². The van der Waals surface area contributed by atoms with Gasteiger partial charge in [0.05, 0.1) is 19.4 Å². The Labute approximate surface area is 195 Å². The van der Waals surface area contributed by atoms with Crippen molar-refractivity contribution in [1.82, 2.24) is 0 Å². The van der Waals surface area contributed by atoms with Gasteiger partial charge in [0.15, 0.2) is 22.6 Å². The van der Waals surface area contributed by atoms with Crippen LogP contribution in [-0.4, -0.2) is 40.7 Å². The first kappa shape index (κ1) is 24.0. The maximum Gasteiger partial charge on any atom is 0.341 e. The Morgan fingerprint density at radius 3 is 2.72 bits per heavy atom. The molecule has 0 aliphatic carbocycles. The number of ether oxygens (including phenoxy) is 2. The van der Waals surface area contributed by atoms with Gasteiger partial charge in [-0.3, -0.25) is 0 Å². The van der Waals surface area contributed by atoms with E-state index < -0.39 is 22.8 Å². The number of hydrogen-bond donors (Lipinski definition) is 3. The number of carbonyl (C=O) groups excluding carboxylic acids is 1. The number of aliphatic hydroxyl groups is 1. The van der Waals surface area contributed by atoms with E-state index >= 15 is 0 Å². The molecule has 0 radical (unpaired) electrons. The first-order chi connectivity index (χ1) is 15.3. The molecule has 0 saturated heterocycles. The minimum atomic E-state index is -1.77. The van der Waals surface area contributed by atoms with Gasteiger partial charge in [-0.25, -0.2) is 13.4 Å². The molecule has 7 nitrogen and oxygen atoms in total. The quantitative estimate of drug-likeness (QED) is 0.293. The molecule has 0 spiro atoms. The van der Waals surface area contributed by atoms with E-state index in [2.05, 4.69) is 4.72 Å². The SMILES string of the molecule is COc1cccc(-c2cc(S(=O)Nc3ccc(C(=O)OCCCO)c(O)c3)sc2Cl)c1F. The number of nitrogens with one attached hydrogen (secondary N) is 1. The maximum absolute atomic E-state index is 14.6. The predicted octanol–water partition coefficient (Wildman–Crippen LogP) is 4.60. The van der Waals surface area contributed by atoms with Crippen molar-refractivity contribution in [2.24, 2.45) is 0 Å². The smallest absolute Gasteiger partial charge is 0.341 e. The van der Waals surface area contributed by atoms with Crippen LogP contribution in [0.25, 0.3) is 11.1 Å². The van der Waals surface area contributed by atoms with Gasteiger partial charge in [-0.15, -0.1) is 11.3 Å². The van der Waals surface area contributed by atoms with E-state index in [1.165, 1.54) is 37.4 Å². The molecule has 1 atom stereocenters. The van der Waals surface area contributed by atoms with Crippen molar-refractivity contribution in [3.63, 3.8) is 0 Å². The van der Waals surface area contributed by atoms with Gasteiger partial charge in [-0.1, -0.05) is 23.7 Å². The first-order valence-electron chi connectivity index (χ1n) is 9.27. The molecule has 32 heavy (non-hydrogen) atoms. The van der Waals surface area contributed by atoms with Crippen molar-refractivity contribution in [2.75, 3.05) is 25.0 Å². The van der Waals surface area contributed by atoms with Gasteiger partial charge in [-0.05, 0) is 24.3 Å². The lowest BCUT2D eigenvalue weighted by Gasteiger charge is -2.09. The summed E-state index contributed by atoms with van der Waals surface area (Å²) in [7, 11) is -0.409. The second kappa shape index (κ2) is 10.8. The van der Waals surface area contributed by atoms with Gasteiger partial charge in [-0.2, -0.15) is 0 Å². The van der Waals surface area contributed by atoms with Crippen molar-refractivity contribution in [1.29, 1.82) is 0 Å². The first-order valence-corrected chi connectivity index (χ1v) is 11.6. The Bertz CT molecular complexity index is 1150. The molecular weight excluding hydrogens is 481 g/mol. The number of methoxy groups -OCH3 is 1. The largest absolute Gasteiger partial charge is 0.507 e. The molecule has 170 valence electrons. The van der Waals surface area contributed by atoms with Crippen LogP contribution < -0.4 is 9.46 Å². The molecule has 0 bridgehead atoms. The normalized spacial score (nSPS) is 11.8. The van der Waals surface area contributed by atoms with Crippen LogP contribution in [0.4, 0.5) is 10.1 Å². The van der Waals surface area contributed by atoms with Crippen LogP contribution in [-0.2, 0) is 15.7 Å². The number of hydrogen-bond acceptors (Lipinski definition) is 7. The molecule has 0 amide bonds. The number of phenols is 1. The molecule has 0 aliphatic rings. The Morgan fingerprint density at radius 1 is 1.25 bits per heavy atom. The van der Waals surface area contributed by atoms with Crippen LogP contribution in [0.2, 0.25) is 4.34 Å². The average Bonchev–Trinajstić information content (AvgIpc) is 3.15. The topological polar surface area (TPSA) is 105 Å². The highest BCUT2D eigenvalue weighted by Crippen LogP contribution is 2.40. The second-order valence-electron chi connectivity index (χ2n) is 6.39. The summed E-state index contributed by atoms with van der Waals surface area (Å²) in [5.74, 6) is -1.61. The minimum Gasteiger partial charge on any atom is -0.507 e. The van der Waals surface area contributed by atoms with Crippen LogP contribution in [0.1, 0.15) is 16.8 Å². The molecule has 3 rings (SSSR count). The third-order valence-electron chi connectivity index (χ3n) is 4.28. The minimum absolute atomic E-state index is 0.0220. The summed E-state index contributed by atoms with van der Waals surface area (Å²) in [6, 6.07) is 10.2. The second-order valence-corrected chi connectivity index (χ2v) is 9.48. The third kappa shape index (κ3) is 5.39. The predicted molar refractivity (Wildman–Crippen MR) is 121 cm³/mol. The Balaban J connectivity index is 1.76. The molecule has 0 fully saturated rings. The number of rotatable bonds is 9. The van der Waals surface area contributed by atoms with E-state index in [-0.39, 0.29) is 52.3 Å². The third-order valence-corrected chi connectivity index (χ3v) is 7.05. The van der Waals surface area contributed by atoms with Crippen LogP contribution in [0, 0.1) is 5.82 Å². The maximum atomic E-state index is 14.6. The van der Waals surface area contributed by atoms with Crippen molar-refractivity contribution < 1.29 is 33.1 Å². The van der Waals surface area contributed by atoms with Gasteiger partial charge < -0.3 is 24.4 Å². The number of halogens is 2. The number of aromatic hydroxyl groups is 1. The van der Waals surface area contributed by atoms with E-state index in [4.69, 9.17) is 26.2 Å². The van der Waals surface area contributed by atoms with Crippen molar-refractivity contribution in [2.45, 2.75) is 10.6 Å². The number of anilines is 1. The van der Waals surface area contributed by atoms with Gasteiger partial charge in [0, 0.05) is 30.2 Å². The zero-order valence-electron chi connectivity index (χ0n) is 16.8. The van der Waals surface area contributed by atoms with Gasteiger partial charge in [0.1, 0.15) is 19.9 Å². The lowest BCUT2D eigenvalue weighted by Crippen LogP contribution is -2.08. The summed E-state index contributed by atoms with van der Waals surface area (Å²) in [5, 5.41) is 18.8. The van der Waals surface area contributed by atoms with Crippen LogP contribution in [0.5, 0.6) is 11.5 Å². The summed E-state index contributed by atoms with van der Waals surface area (Å²) in [6.45, 7) is -0.0962. The van der Waals surface area contributed by atoms with Crippen LogP contribution in [0.3, 0.4) is 0 Å². The lowest BCUT2D eigenvalue weighted by molar-refractivity contribution is 0.0479. The lowest BCUT2D eigenvalue weighted by atomic mass is 10.1. The zero-order chi connectivity index (χ0) is 23.3. The van der Waals surface area contributed by atoms with E-state index in [9.17, 15) is 18.5 Å². The van der Waals surface area contributed by atoms with E-state index in [1.807, 2.05) is 0 Å². The zero-order valence-corrected chi connectivity index (χ0v) is 19.2. The van der Waals surface area contributed by atoms with Crippen molar-refractivity contribution in [3.8, 4) is 22.6 Å². The van der Waals surface area contributed by atoms with Crippen molar-refractivity contribution >= 4 is 45.6 Å². The fourth-order valence-electron chi connectivity index (χ4n) is 2.73. The standard InChI is InChI=1S/C21H19ClFNO6S2/c1-29-17-5-2-4-13(19(17)23)15-11-18(31-20(15)22)32(28)24-12-6-7-14(16(26)10-12)21(27)30-9-3-8-25/h2,4-7,10-11,24-26H,3,8-9H2,1H3. The summed E-state index contributed by atoms with van der Waals surface area (Å²) >= 11 is 7.29. The highest BCUT2D eigenvalue weighted by Gasteiger charge is 2.19. The van der Waals surface area contributed by atoms with Gasteiger partial charge in [0.2, 0.25) is 0 Å². The molecule has 1 aromatic heterocycles. The molecule has 1 heterocycles. The van der Waals surface area contributed by atoms with Gasteiger partial charge in [0.25, 0.3) is 0 Å². The van der Waals surface area contributed by atoms with Crippen LogP contribution >= 0.6 is 22.9 Å². The Morgan fingerprint density at radius 2 is 2.03 bits per heavy atom. The molecule has 0 saturated carbocycles. The molecule has 0 aliphatic heterocycles. The number of aliphatic hydroxyl groups excluding tert-OH is 1. The Kier molecular flexibility index (Phi) is 8.08. The highest BCUT2D eigenvalue weighted by atomic mass is 35.5. The van der Waals surface area contributed by atoms with Crippen LogP contribution in [0.15, 0.2) is 46.7 Å². The van der Waals surface area contributed by atoms with Gasteiger partial charge >= 0.3 is 5.97 Å². The molecular formula is C21H19ClFNO6S2. The highest BCUT2D eigenvalue weighted by molar-refractivity contribution is 7.88. The summed E-state index contributed by atoms with van der Waals surface area (Å²) in [5.41, 5.74) is 0.818. The molecule has 3 N–H and O–H groups in total. The average molecular weight is 500 g/mol. The number of esters is 1. The fraction of sp³-hybridized carbons (Fsp3) is 0.190. The number of thiophene rings is 1. The molecule has 1 unspecified atom stereocenters. The van der Waals surface area contributed by atoms with E-state index in [0.717, 1.165) is 11.3 Å².